The van der Waals surface area contributed by atoms with Crippen LogP contribution in [0.5, 0.6) is 0 Å². The highest BCUT2D eigenvalue weighted by atomic mass is 19.1. The smallest absolute Gasteiger partial charge is 0.306 e. The van der Waals surface area contributed by atoms with E-state index in [-0.39, 0.29) is 18.0 Å². The van der Waals surface area contributed by atoms with Crippen LogP contribution in [-0.2, 0) is 20.6 Å². The van der Waals surface area contributed by atoms with E-state index >= 15 is 0 Å². The van der Waals surface area contributed by atoms with Gasteiger partial charge < -0.3 is 4.57 Å². The predicted molar refractivity (Wildman–Crippen MR) is 102 cm³/mol. The number of aromatic nitrogens is 6. The van der Waals surface area contributed by atoms with Crippen molar-refractivity contribution >= 4 is 11.2 Å². The second-order valence-electron chi connectivity index (χ2n) is 6.84. The van der Waals surface area contributed by atoms with Crippen LogP contribution in [0.1, 0.15) is 17.0 Å². The van der Waals surface area contributed by atoms with Crippen molar-refractivity contribution < 1.29 is 4.39 Å². The summed E-state index contributed by atoms with van der Waals surface area (Å²) in [6.07, 6.45) is 0. The van der Waals surface area contributed by atoms with Gasteiger partial charge in [0.2, 0.25) is 5.95 Å². The van der Waals surface area contributed by atoms with Crippen LogP contribution in [0.15, 0.2) is 39.9 Å². The molecule has 0 bridgehead atoms. The Kier molecular flexibility index (Phi) is 4.02. The van der Waals surface area contributed by atoms with Crippen LogP contribution in [0.3, 0.4) is 0 Å². The summed E-state index contributed by atoms with van der Waals surface area (Å²) >= 11 is 0. The maximum atomic E-state index is 13.2. The second-order valence-corrected chi connectivity index (χ2v) is 6.84. The third-order valence-electron chi connectivity index (χ3n) is 4.79. The monoisotopic (exact) mass is 382 g/mol. The number of imidazole rings is 1. The number of hydrogen-bond donors (Lipinski definition) is 0. The van der Waals surface area contributed by atoms with Crippen molar-refractivity contribution in [2.24, 2.45) is 14.1 Å². The number of aryl methyl sites for hydroxylation is 4. The van der Waals surface area contributed by atoms with Crippen LogP contribution in [0, 0.1) is 19.7 Å². The lowest BCUT2D eigenvalue weighted by atomic mass is 10.2. The van der Waals surface area contributed by atoms with Crippen LogP contribution in [-0.4, -0.2) is 28.5 Å². The zero-order valence-corrected chi connectivity index (χ0v) is 16.0. The van der Waals surface area contributed by atoms with E-state index in [2.05, 4.69) is 10.1 Å². The van der Waals surface area contributed by atoms with Crippen molar-refractivity contribution in [2.75, 3.05) is 0 Å². The molecule has 3 heterocycles. The van der Waals surface area contributed by atoms with Gasteiger partial charge in [0.15, 0.2) is 11.2 Å². The minimum atomic E-state index is -0.486. The Labute approximate surface area is 159 Å². The third kappa shape index (κ3) is 2.67. The van der Waals surface area contributed by atoms with E-state index in [9.17, 15) is 14.0 Å². The number of halogens is 1. The number of fused-ring (bicyclic) bond motifs is 1. The lowest BCUT2D eigenvalue weighted by Gasteiger charge is -2.09. The molecule has 3 aromatic heterocycles. The Morgan fingerprint density at radius 2 is 1.71 bits per heavy atom. The van der Waals surface area contributed by atoms with Crippen LogP contribution in [0.4, 0.5) is 4.39 Å². The Hall–Kier alpha value is -3.49. The molecule has 1 aromatic carbocycles. The molecule has 28 heavy (non-hydrogen) atoms. The van der Waals surface area contributed by atoms with Crippen molar-refractivity contribution in [3.05, 3.63) is 73.9 Å². The van der Waals surface area contributed by atoms with Crippen LogP contribution >= 0.6 is 0 Å². The van der Waals surface area contributed by atoms with E-state index in [0.29, 0.717) is 17.0 Å². The normalized spacial score (nSPS) is 11.5. The quantitative estimate of drug-likeness (QED) is 0.537. The standard InChI is InChI=1S/C19H19FN6O2/c1-11-9-12(2)26(22-11)18-21-16-15(23(18)3)17(27)25(19(28)24(16)4)10-13-5-7-14(20)8-6-13/h5-9H,10H2,1-4H3. The lowest BCUT2D eigenvalue weighted by Crippen LogP contribution is -2.39. The molecule has 0 spiro atoms. The maximum absolute atomic E-state index is 13.2. The molecule has 144 valence electrons. The highest BCUT2D eigenvalue weighted by Gasteiger charge is 2.20. The molecule has 4 aromatic rings. The average Bonchev–Trinajstić information content (AvgIpc) is 3.17. The Bertz CT molecular complexity index is 1320. The highest BCUT2D eigenvalue weighted by molar-refractivity contribution is 5.72. The van der Waals surface area contributed by atoms with Gasteiger partial charge in [0.1, 0.15) is 5.82 Å². The topological polar surface area (TPSA) is 79.6 Å². The number of rotatable bonds is 3. The lowest BCUT2D eigenvalue weighted by molar-refractivity contribution is 0.623. The molecule has 0 saturated heterocycles. The van der Waals surface area contributed by atoms with Gasteiger partial charge in [-0.2, -0.15) is 10.1 Å². The maximum Gasteiger partial charge on any atom is 0.332 e. The highest BCUT2D eigenvalue weighted by Crippen LogP contribution is 2.15. The first-order valence-corrected chi connectivity index (χ1v) is 8.72. The zero-order chi connectivity index (χ0) is 20.2. The van der Waals surface area contributed by atoms with Gasteiger partial charge in [0.05, 0.1) is 12.2 Å². The van der Waals surface area contributed by atoms with Crippen molar-refractivity contribution in [1.82, 2.24) is 28.5 Å². The summed E-state index contributed by atoms with van der Waals surface area (Å²) in [5.74, 6) is 0.0767. The molecule has 0 unspecified atom stereocenters. The third-order valence-corrected chi connectivity index (χ3v) is 4.79. The van der Waals surface area contributed by atoms with Gasteiger partial charge in [-0.25, -0.2) is 13.9 Å². The molecule has 0 aliphatic carbocycles. The molecule has 4 rings (SSSR count). The fourth-order valence-electron chi connectivity index (χ4n) is 3.36. The largest absolute Gasteiger partial charge is 0.332 e. The molecule has 0 aliphatic rings. The van der Waals surface area contributed by atoms with Crippen LogP contribution in [0.25, 0.3) is 17.1 Å². The van der Waals surface area contributed by atoms with Gasteiger partial charge in [-0.05, 0) is 37.6 Å². The molecule has 0 radical (unpaired) electrons. The first-order chi connectivity index (χ1) is 13.3. The van der Waals surface area contributed by atoms with E-state index in [0.717, 1.165) is 16.0 Å². The van der Waals surface area contributed by atoms with Crippen molar-refractivity contribution in [1.29, 1.82) is 0 Å². The minimum absolute atomic E-state index is 0.0438. The number of hydrogen-bond acceptors (Lipinski definition) is 4. The minimum Gasteiger partial charge on any atom is -0.306 e. The van der Waals surface area contributed by atoms with E-state index < -0.39 is 11.2 Å². The van der Waals surface area contributed by atoms with Gasteiger partial charge in [-0.1, -0.05) is 12.1 Å². The molecule has 0 saturated carbocycles. The SMILES string of the molecule is Cc1cc(C)n(-c2nc3c(c(=O)n(Cc4ccc(F)cc4)c(=O)n3C)n2C)n1. The van der Waals surface area contributed by atoms with Gasteiger partial charge in [-0.3, -0.25) is 13.9 Å². The fraction of sp³-hybridized carbons (Fsp3) is 0.263. The van der Waals surface area contributed by atoms with Crippen molar-refractivity contribution in [2.45, 2.75) is 20.4 Å². The summed E-state index contributed by atoms with van der Waals surface area (Å²) in [5, 5.41) is 4.42. The molecule has 0 amide bonds. The first-order valence-electron chi connectivity index (χ1n) is 8.72. The predicted octanol–water partition coefficient (Wildman–Crippen LogP) is 1.42. The van der Waals surface area contributed by atoms with E-state index in [4.69, 9.17) is 0 Å². The molecular formula is C19H19FN6O2. The van der Waals surface area contributed by atoms with Crippen LogP contribution in [0.2, 0.25) is 0 Å². The summed E-state index contributed by atoms with van der Waals surface area (Å²) in [6.45, 7) is 3.81. The summed E-state index contributed by atoms with van der Waals surface area (Å²) in [6, 6.07) is 7.61. The zero-order valence-electron chi connectivity index (χ0n) is 16.0. The van der Waals surface area contributed by atoms with E-state index in [1.807, 2.05) is 19.9 Å². The summed E-state index contributed by atoms with van der Waals surface area (Å²) < 4.78 is 18.9. The summed E-state index contributed by atoms with van der Waals surface area (Å²) in [7, 11) is 3.29. The van der Waals surface area contributed by atoms with Crippen molar-refractivity contribution in [3.63, 3.8) is 0 Å². The molecule has 8 nitrogen and oxygen atoms in total. The Morgan fingerprint density at radius 1 is 1.04 bits per heavy atom. The molecule has 0 fully saturated rings. The fourth-order valence-corrected chi connectivity index (χ4v) is 3.36. The molecule has 0 aliphatic heterocycles. The molecule has 9 heteroatoms. The van der Waals surface area contributed by atoms with E-state index in [1.165, 1.54) is 16.7 Å². The summed E-state index contributed by atoms with van der Waals surface area (Å²) in [4.78, 5) is 30.4. The number of nitrogens with zero attached hydrogens (tertiary/aromatic N) is 6. The summed E-state index contributed by atoms with van der Waals surface area (Å²) in [5.41, 5.74) is 1.99. The van der Waals surface area contributed by atoms with Gasteiger partial charge in [0.25, 0.3) is 5.56 Å². The molecule has 0 atom stereocenters. The van der Waals surface area contributed by atoms with Crippen LogP contribution < -0.4 is 11.2 Å². The first kappa shape index (κ1) is 17.9. The van der Waals surface area contributed by atoms with E-state index in [1.54, 1.807) is 35.5 Å². The number of benzene rings is 1. The average molecular weight is 382 g/mol. The second kappa shape index (κ2) is 6.29. The van der Waals surface area contributed by atoms with Gasteiger partial charge in [0, 0.05) is 19.8 Å². The molecular weight excluding hydrogens is 363 g/mol. The molecule has 0 N–H and O–H groups in total. The van der Waals surface area contributed by atoms with Gasteiger partial charge >= 0.3 is 5.69 Å². The Morgan fingerprint density at radius 3 is 2.32 bits per heavy atom. The Balaban J connectivity index is 1.96. The van der Waals surface area contributed by atoms with Gasteiger partial charge in [-0.15, -0.1) is 0 Å². The van der Waals surface area contributed by atoms with Crippen molar-refractivity contribution in [3.8, 4) is 5.95 Å².